The van der Waals surface area contributed by atoms with Crippen molar-refractivity contribution in [1.82, 2.24) is 0 Å². The van der Waals surface area contributed by atoms with Crippen molar-refractivity contribution in [3.05, 3.63) is 78.9 Å². The predicted molar refractivity (Wildman–Crippen MR) is 97.5 cm³/mol. The van der Waals surface area contributed by atoms with Gasteiger partial charge < -0.3 is 0 Å². The van der Waals surface area contributed by atoms with E-state index in [1.165, 1.54) is 0 Å². The average Bonchev–Trinajstić information content (AvgIpc) is 3.17. The van der Waals surface area contributed by atoms with Gasteiger partial charge in [0, 0.05) is 0 Å². The standard InChI is InChI=1S/C20H20O4Te/c1-23-15-7-3-13(4-8-15)19(21)17-11-12-18(25-17)20(22)14-5-9-16(24-2)10-6-14/h3-12,19-22H,1-2H3. The monoisotopic (exact) mass is 454 g/mol. The molecule has 2 aromatic carbocycles. The Morgan fingerprint density at radius 1 is 0.640 bits per heavy atom. The van der Waals surface area contributed by atoms with Crippen molar-refractivity contribution in [3.8, 4) is 11.5 Å². The molecule has 0 spiro atoms. The normalized spacial score (nSPS) is 13.3. The van der Waals surface area contributed by atoms with Gasteiger partial charge in [0.05, 0.1) is 0 Å². The molecule has 0 radical (unpaired) electrons. The van der Waals surface area contributed by atoms with Gasteiger partial charge in [-0.15, -0.1) is 0 Å². The zero-order chi connectivity index (χ0) is 17.8. The first-order valence-corrected chi connectivity index (χ1v) is 10.2. The van der Waals surface area contributed by atoms with Crippen LogP contribution in [0.2, 0.25) is 0 Å². The molecule has 3 rings (SSSR count). The third kappa shape index (κ3) is 4.08. The van der Waals surface area contributed by atoms with Crippen LogP contribution in [-0.4, -0.2) is 44.9 Å². The molecule has 3 aromatic rings. The molecule has 130 valence electrons. The minimum absolute atomic E-state index is 0.634. The van der Waals surface area contributed by atoms with Gasteiger partial charge in [-0.3, -0.25) is 0 Å². The summed E-state index contributed by atoms with van der Waals surface area (Å²) in [5.41, 5.74) is 1.68. The molecule has 1 heterocycles. The van der Waals surface area contributed by atoms with E-state index in [9.17, 15) is 10.2 Å². The van der Waals surface area contributed by atoms with Crippen molar-refractivity contribution >= 4 is 20.4 Å². The van der Waals surface area contributed by atoms with E-state index in [-0.39, 0.29) is 0 Å². The van der Waals surface area contributed by atoms with Crippen LogP contribution in [0.3, 0.4) is 0 Å². The number of aliphatic hydroxyl groups is 2. The second-order valence-electron chi connectivity index (χ2n) is 5.59. The molecule has 25 heavy (non-hydrogen) atoms. The van der Waals surface area contributed by atoms with Crippen LogP contribution in [0.25, 0.3) is 0 Å². The molecule has 0 bridgehead atoms. The van der Waals surface area contributed by atoms with E-state index in [1.54, 1.807) is 14.2 Å². The Hall–Kier alpha value is -1.77. The molecule has 2 atom stereocenters. The number of benzene rings is 2. The fourth-order valence-electron chi connectivity index (χ4n) is 2.56. The van der Waals surface area contributed by atoms with Crippen LogP contribution in [-0.2, 0) is 0 Å². The Morgan fingerprint density at radius 3 is 1.32 bits per heavy atom. The Kier molecular flexibility index (Phi) is 5.82. The van der Waals surface area contributed by atoms with Crippen LogP contribution in [0.5, 0.6) is 11.5 Å². The number of rotatable bonds is 6. The van der Waals surface area contributed by atoms with Crippen LogP contribution in [0.4, 0.5) is 0 Å². The fourth-order valence-corrected chi connectivity index (χ4v) is 5.53. The minimum atomic E-state index is -0.790. The number of aliphatic hydroxyl groups excluding tert-OH is 2. The first-order chi connectivity index (χ1) is 12.1. The summed E-state index contributed by atoms with van der Waals surface area (Å²) in [5, 5.41) is 21.2. The first-order valence-electron chi connectivity index (χ1n) is 7.86. The van der Waals surface area contributed by atoms with Crippen LogP contribution in [0.1, 0.15) is 30.5 Å². The van der Waals surface area contributed by atoms with E-state index in [2.05, 4.69) is 0 Å². The molecular weight excluding hydrogens is 432 g/mol. The summed E-state index contributed by atoms with van der Waals surface area (Å²) in [5.74, 6) is 1.53. The summed E-state index contributed by atoms with van der Waals surface area (Å²) >= 11 is -0.790. The van der Waals surface area contributed by atoms with E-state index < -0.39 is 32.6 Å². The van der Waals surface area contributed by atoms with Gasteiger partial charge in [0.2, 0.25) is 0 Å². The Labute approximate surface area is 156 Å². The summed E-state index contributed by atoms with van der Waals surface area (Å²) in [6, 6.07) is 18.7. The molecule has 0 aliphatic heterocycles. The predicted octanol–water partition coefficient (Wildman–Crippen LogP) is 2.92. The first kappa shape index (κ1) is 18.0. The van der Waals surface area contributed by atoms with Gasteiger partial charge in [-0.1, -0.05) is 0 Å². The molecule has 0 saturated carbocycles. The van der Waals surface area contributed by atoms with Crippen LogP contribution >= 0.6 is 0 Å². The van der Waals surface area contributed by atoms with E-state index in [4.69, 9.17) is 9.47 Å². The molecular formula is C20H20O4Te. The molecule has 0 aliphatic rings. The van der Waals surface area contributed by atoms with Gasteiger partial charge in [-0.2, -0.15) is 0 Å². The second-order valence-corrected chi connectivity index (χ2v) is 8.86. The van der Waals surface area contributed by atoms with Crippen molar-refractivity contribution in [3.63, 3.8) is 0 Å². The summed E-state index contributed by atoms with van der Waals surface area (Å²) in [7, 11) is 3.24. The molecule has 5 heteroatoms. The molecule has 2 unspecified atom stereocenters. The van der Waals surface area contributed by atoms with Crippen LogP contribution < -0.4 is 9.47 Å². The zero-order valence-corrected chi connectivity index (χ0v) is 16.4. The van der Waals surface area contributed by atoms with E-state index in [0.29, 0.717) is 0 Å². The molecule has 4 nitrogen and oxygen atoms in total. The van der Waals surface area contributed by atoms with Gasteiger partial charge in [-0.05, 0) is 0 Å². The van der Waals surface area contributed by atoms with Crippen molar-refractivity contribution in [2.75, 3.05) is 14.2 Å². The summed E-state index contributed by atoms with van der Waals surface area (Å²) < 4.78 is 12.3. The third-order valence-corrected chi connectivity index (χ3v) is 7.45. The average molecular weight is 452 g/mol. The van der Waals surface area contributed by atoms with Gasteiger partial charge in [0.1, 0.15) is 0 Å². The number of hydrogen-bond acceptors (Lipinski definition) is 4. The topological polar surface area (TPSA) is 58.9 Å². The molecule has 0 saturated heterocycles. The summed E-state index contributed by atoms with van der Waals surface area (Å²) in [6.07, 6.45) is -1.27. The number of hydrogen-bond donors (Lipinski definition) is 2. The summed E-state index contributed by atoms with van der Waals surface area (Å²) in [4.78, 5) is 0. The Balaban J connectivity index is 1.78. The zero-order valence-electron chi connectivity index (χ0n) is 14.0. The van der Waals surface area contributed by atoms with Crippen molar-refractivity contribution in [2.45, 2.75) is 12.2 Å². The van der Waals surface area contributed by atoms with Crippen molar-refractivity contribution < 1.29 is 19.7 Å². The molecule has 0 amide bonds. The fraction of sp³-hybridized carbons (Fsp3) is 0.200. The number of ether oxygens (including phenoxy) is 2. The second kappa shape index (κ2) is 8.07. The Bertz CT molecular complexity index is 740. The number of methoxy groups -OCH3 is 2. The quantitative estimate of drug-likeness (QED) is 0.566. The van der Waals surface area contributed by atoms with E-state index >= 15 is 0 Å². The van der Waals surface area contributed by atoms with E-state index in [0.717, 1.165) is 29.8 Å². The molecule has 1 aromatic heterocycles. The van der Waals surface area contributed by atoms with Crippen molar-refractivity contribution in [2.24, 2.45) is 0 Å². The SMILES string of the molecule is COc1ccc(C(O)c2ccc(C(O)c3ccc(OC)cc3)[te]2)cc1. The third-order valence-electron chi connectivity index (χ3n) is 4.05. The van der Waals surface area contributed by atoms with Gasteiger partial charge in [0.25, 0.3) is 0 Å². The van der Waals surface area contributed by atoms with Crippen molar-refractivity contribution in [1.29, 1.82) is 0 Å². The van der Waals surface area contributed by atoms with E-state index in [1.807, 2.05) is 60.7 Å². The van der Waals surface area contributed by atoms with Gasteiger partial charge in [0.15, 0.2) is 0 Å². The maximum absolute atomic E-state index is 10.6. The van der Waals surface area contributed by atoms with Crippen LogP contribution in [0.15, 0.2) is 60.7 Å². The van der Waals surface area contributed by atoms with Gasteiger partial charge >= 0.3 is 157 Å². The Morgan fingerprint density at radius 2 is 1.00 bits per heavy atom. The molecule has 0 aliphatic carbocycles. The maximum atomic E-state index is 10.6. The molecule has 2 N–H and O–H groups in total. The summed E-state index contributed by atoms with van der Waals surface area (Å²) in [6.45, 7) is 0. The van der Waals surface area contributed by atoms with Gasteiger partial charge in [-0.25, -0.2) is 0 Å². The molecule has 0 fully saturated rings. The van der Waals surface area contributed by atoms with Crippen LogP contribution in [0, 0.1) is 0 Å².